The van der Waals surface area contributed by atoms with Crippen LogP contribution in [0.3, 0.4) is 0 Å². The number of aryl methyl sites for hydroxylation is 1. The molecule has 2 heterocycles. The molecule has 0 aliphatic carbocycles. The number of halogens is 1. The lowest BCUT2D eigenvalue weighted by Crippen LogP contribution is -2.48. The normalized spacial score (nSPS) is 14.4. The number of nitrogens with zero attached hydrogens (tertiary/aromatic N) is 3. The Morgan fingerprint density at radius 1 is 0.917 bits per heavy atom. The average molecular weight is 482 g/mol. The first-order valence-corrected chi connectivity index (χ1v) is 12.1. The number of aromatic nitrogens is 1. The second-order valence-electron chi connectivity index (χ2n) is 9.41. The molecular formula is C30H28FN3O2. The lowest BCUT2D eigenvalue weighted by molar-refractivity contribution is -0.120. The van der Waals surface area contributed by atoms with Crippen molar-refractivity contribution < 1.29 is 14.0 Å². The van der Waals surface area contributed by atoms with E-state index in [1.54, 1.807) is 11.0 Å². The number of para-hydroxylation sites is 2. The predicted octanol–water partition coefficient (Wildman–Crippen LogP) is 5.91. The van der Waals surface area contributed by atoms with Gasteiger partial charge in [-0.1, -0.05) is 48.0 Å². The van der Waals surface area contributed by atoms with Gasteiger partial charge in [-0.15, -0.1) is 0 Å². The van der Waals surface area contributed by atoms with E-state index in [2.05, 4.69) is 4.57 Å². The molecule has 0 N–H and O–H groups in total. The first-order valence-electron chi connectivity index (χ1n) is 12.1. The average Bonchev–Trinajstić information content (AvgIpc) is 3.36. The maximum atomic E-state index is 14.1. The van der Waals surface area contributed by atoms with Crippen LogP contribution in [-0.4, -0.2) is 33.9 Å². The fourth-order valence-electron chi connectivity index (χ4n) is 4.82. The first kappa shape index (κ1) is 23.5. The van der Waals surface area contributed by atoms with Gasteiger partial charge in [-0.25, -0.2) is 4.39 Å². The molecule has 0 radical (unpaired) electrons. The van der Waals surface area contributed by atoms with Crippen LogP contribution >= 0.6 is 0 Å². The number of fused-ring (bicyclic) bond motifs is 3. The van der Waals surface area contributed by atoms with E-state index in [9.17, 15) is 14.0 Å². The van der Waals surface area contributed by atoms with Gasteiger partial charge in [-0.05, 0) is 68.8 Å². The van der Waals surface area contributed by atoms with Crippen LogP contribution in [0.15, 0.2) is 91.1 Å². The molecule has 0 saturated carbocycles. The van der Waals surface area contributed by atoms with Crippen molar-refractivity contribution >= 4 is 17.5 Å². The minimum absolute atomic E-state index is 0.135. The molecule has 0 spiro atoms. The fraction of sp³-hybridized carbons (Fsp3) is 0.200. The molecule has 1 atom stereocenters. The zero-order chi connectivity index (χ0) is 25.4. The van der Waals surface area contributed by atoms with E-state index in [0.29, 0.717) is 0 Å². The topological polar surface area (TPSA) is 45.6 Å². The molecule has 5 nitrogen and oxygen atoms in total. The Labute approximate surface area is 210 Å². The highest BCUT2D eigenvalue weighted by Gasteiger charge is 2.37. The monoisotopic (exact) mass is 481 g/mol. The summed E-state index contributed by atoms with van der Waals surface area (Å²) in [6.45, 7) is 5.61. The molecule has 1 aliphatic rings. The largest absolute Gasteiger partial charge is 0.327 e. The second-order valence-corrected chi connectivity index (χ2v) is 9.41. The minimum atomic E-state index is -0.485. The zero-order valence-corrected chi connectivity index (χ0v) is 20.6. The highest BCUT2D eigenvalue weighted by molar-refractivity contribution is 6.02. The van der Waals surface area contributed by atoms with Gasteiger partial charge in [0.1, 0.15) is 18.4 Å². The molecule has 1 aromatic heterocycles. The third-order valence-electron chi connectivity index (χ3n) is 6.64. The van der Waals surface area contributed by atoms with Crippen LogP contribution in [0.25, 0.3) is 5.69 Å². The summed E-state index contributed by atoms with van der Waals surface area (Å²) in [6.07, 6.45) is 2.01. The van der Waals surface area contributed by atoms with E-state index in [1.165, 1.54) is 23.1 Å². The van der Waals surface area contributed by atoms with Crippen LogP contribution in [0, 0.1) is 12.7 Å². The van der Waals surface area contributed by atoms with E-state index < -0.39 is 5.82 Å². The number of anilines is 1. The van der Waals surface area contributed by atoms with Crippen LogP contribution in [0.4, 0.5) is 10.1 Å². The van der Waals surface area contributed by atoms with Gasteiger partial charge in [-0.3, -0.25) is 14.5 Å². The second kappa shape index (κ2) is 9.46. The zero-order valence-electron chi connectivity index (χ0n) is 20.6. The first-order chi connectivity index (χ1) is 17.3. The maximum Gasteiger partial charge on any atom is 0.254 e. The Hall–Kier alpha value is -4.19. The summed E-state index contributed by atoms with van der Waals surface area (Å²) in [7, 11) is 0. The minimum Gasteiger partial charge on any atom is -0.327 e. The Morgan fingerprint density at radius 2 is 1.64 bits per heavy atom. The summed E-state index contributed by atoms with van der Waals surface area (Å²) < 4.78 is 16.0. The van der Waals surface area contributed by atoms with Crippen molar-refractivity contribution in [3.63, 3.8) is 0 Å². The standard InChI is InChI=1S/C30H28FN3O2/c1-20(2)33(30(36)23-8-6-9-24(31)18-23)19-28(35)34-26-11-5-4-10-25(26)32-17-7-12-27(32)29(34)22-15-13-21(3)14-16-22/h4-18,20,29H,19H2,1-3H3. The van der Waals surface area contributed by atoms with Crippen LogP contribution in [0.1, 0.15) is 47.1 Å². The van der Waals surface area contributed by atoms with Gasteiger partial charge in [0.2, 0.25) is 5.91 Å². The van der Waals surface area contributed by atoms with E-state index in [0.717, 1.165) is 28.2 Å². The van der Waals surface area contributed by atoms with Gasteiger partial charge in [0.05, 0.1) is 17.1 Å². The molecule has 4 aromatic rings. The summed E-state index contributed by atoms with van der Waals surface area (Å²) in [5.74, 6) is -1.07. The highest BCUT2D eigenvalue weighted by Crippen LogP contribution is 2.42. The molecule has 6 heteroatoms. The Kier molecular flexibility index (Phi) is 6.18. The van der Waals surface area contributed by atoms with Crippen molar-refractivity contribution in [2.24, 2.45) is 0 Å². The fourth-order valence-corrected chi connectivity index (χ4v) is 4.82. The van der Waals surface area contributed by atoms with Gasteiger partial charge in [-0.2, -0.15) is 0 Å². The molecule has 1 aliphatic heterocycles. The molecule has 1 unspecified atom stereocenters. The number of amides is 2. The van der Waals surface area contributed by atoms with Gasteiger partial charge in [0.15, 0.2) is 0 Å². The number of hydrogen-bond donors (Lipinski definition) is 0. The molecule has 182 valence electrons. The quantitative estimate of drug-likeness (QED) is 0.356. The van der Waals surface area contributed by atoms with E-state index in [1.807, 2.05) is 87.6 Å². The summed E-state index contributed by atoms with van der Waals surface area (Å²) >= 11 is 0. The van der Waals surface area contributed by atoms with E-state index in [-0.39, 0.29) is 36.0 Å². The van der Waals surface area contributed by atoms with Crippen LogP contribution < -0.4 is 4.90 Å². The molecular weight excluding hydrogens is 453 g/mol. The van der Waals surface area contributed by atoms with Gasteiger partial charge in [0, 0.05) is 17.8 Å². The van der Waals surface area contributed by atoms with Crippen LogP contribution in [-0.2, 0) is 4.79 Å². The smallest absolute Gasteiger partial charge is 0.254 e. The van der Waals surface area contributed by atoms with Crippen molar-refractivity contribution in [2.45, 2.75) is 32.9 Å². The lowest BCUT2D eigenvalue weighted by atomic mass is 9.97. The Balaban J connectivity index is 1.57. The van der Waals surface area contributed by atoms with Crippen molar-refractivity contribution in [3.05, 3.63) is 119 Å². The third kappa shape index (κ3) is 4.19. The maximum absolute atomic E-state index is 14.1. The van der Waals surface area contributed by atoms with Crippen LogP contribution in [0.2, 0.25) is 0 Å². The number of rotatable bonds is 5. The molecule has 0 saturated heterocycles. The third-order valence-corrected chi connectivity index (χ3v) is 6.64. The van der Waals surface area contributed by atoms with Gasteiger partial charge >= 0.3 is 0 Å². The summed E-state index contributed by atoms with van der Waals surface area (Å²) in [6, 6.07) is 24.9. The SMILES string of the molecule is Cc1ccc(C2c3cccn3-c3ccccc3N2C(=O)CN(C(=O)c2cccc(F)c2)C(C)C)cc1. The summed E-state index contributed by atoms with van der Waals surface area (Å²) in [5, 5.41) is 0. The number of benzene rings is 3. The Bertz CT molecular complexity index is 1420. The summed E-state index contributed by atoms with van der Waals surface area (Å²) in [4.78, 5) is 30.7. The predicted molar refractivity (Wildman–Crippen MR) is 139 cm³/mol. The van der Waals surface area contributed by atoms with E-state index >= 15 is 0 Å². The van der Waals surface area contributed by atoms with Crippen molar-refractivity contribution in [1.29, 1.82) is 0 Å². The highest BCUT2D eigenvalue weighted by atomic mass is 19.1. The van der Waals surface area contributed by atoms with Crippen LogP contribution in [0.5, 0.6) is 0 Å². The molecule has 2 amide bonds. The number of hydrogen-bond acceptors (Lipinski definition) is 2. The van der Waals surface area contributed by atoms with E-state index in [4.69, 9.17) is 0 Å². The Morgan fingerprint density at radius 3 is 2.33 bits per heavy atom. The molecule has 3 aromatic carbocycles. The lowest BCUT2D eigenvalue weighted by Gasteiger charge is -2.40. The number of carbonyl (C=O) groups is 2. The molecule has 0 fully saturated rings. The van der Waals surface area contributed by atoms with Crippen molar-refractivity contribution in [2.75, 3.05) is 11.4 Å². The molecule has 36 heavy (non-hydrogen) atoms. The number of carbonyl (C=O) groups excluding carboxylic acids is 2. The van der Waals surface area contributed by atoms with Crippen molar-refractivity contribution in [1.82, 2.24) is 9.47 Å². The van der Waals surface area contributed by atoms with Gasteiger partial charge in [0.25, 0.3) is 5.91 Å². The molecule has 5 rings (SSSR count). The molecule has 0 bridgehead atoms. The summed E-state index contributed by atoms with van der Waals surface area (Å²) in [5.41, 5.74) is 4.99. The van der Waals surface area contributed by atoms with Crippen molar-refractivity contribution in [3.8, 4) is 5.69 Å². The van der Waals surface area contributed by atoms with Gasteiger partial charge < -0.3 is 9.47 Å².